The Hall–Kier alpha value is -2.14. The Kier molecular flexibility index (Phi) is 6.42. The van der Waals surface area contributed by atoms with Gasteiger partial charge in [0.1, 0.15) is 12.4 Å². The molecule has 1 unspecified atom stereocenters. The van der Waals surface area contributed by atoms with E-state index in [1.54, 1.807) is 0 Å². The van der Waals surface area contributed by atoms with Crippen LogP contribution in [0.25, 0.3) is 0 Å². The highest BCUT2D eigenvalue weighted by Gasteiger charge is 2.24. The molecule has 2 aromatic carbocycles. The lowest BCUT2D eigenvalue weighted by Gasteiger charge is -2.30. The second-order valence-electron chi connectivity index (χ2n) is 7.34. The molecule has 0 bridgehead atoms. The van der Waals surface area contributed by atoms with Crippen molar-refractivity contribution in [3.05, 3.63) is 87.6 Å². The zero-order valence-corrected chi connectivity index (χ0v) is 17.3. The monoisotopic (exact) mass is 392 g/mol. The molecule has 4 rings (SSSR count). The molecular weight excluding hydrogens is 364 g/mol. The SMILES string of the molecule is Cc1ccc(C(c2cccc(OCc3ccccc3)c2)N2CCCNCC2)s1. The van der Waals surface area contributed by atoms with Crippen molar-refractivity contribution in [2.45, 2.75) is 26.0 Å². The van der Waals surface area contributed by atoms with E-state index < -0.39 is 0 Å². The van der Waals surface area contributed by atoms with Gasteiger partial charge in [0.15, 0.2) is 0 Å². The van der Waals surface area contributed by atoms with Gasteiger partial charge in [0.25, 0.3) is 0 Å². The maximum atomic E-state index is 6.11. The molecule has 1 N–H and O–H groups in total. The highest BCUT2D eigenvalue weighted by molar-refractivity contribution is 7.12. The molecule has 28 heavy (non-hydrogen) atoms. The van der Waals surface area contributed by atoms with Crippen LogP contribution in [-0.4, -0.2) is 31.1 Å². The molecule has 0 radical (unpaired) electrons. The summed E-state index contributed by atoms with van der Waals surface area (Å²) in [4.78, 5) is 5.39. The first-order chi connectivity index (χ1) is 13.8. The molecule has 4 heteroatoms. The van der Waals surface area contributed by atoms with Crippen LogP contribution < -0.4 is 10.1 Å². The van der Waals surface area contributed by atoms with E-state index in [0.717, 1.165) is 31.9 Å². The molecule has 1 aliphatic heterocycles. The highest BCUT2D eigenvalue weighted by atomic mass is 32.1. The molecule has 2 heterocycles. The van der Waals surface area contributed by atoms with E-state index in [4.69, 9.17) is 4.74 Å². The van der Waals surface area contributed by atoms with Gasteiger partial charge in [-0.1, -0.05) is 42.5 Å². The van der Waals surface area contributed by atoms with E-state index >= 15 is 0 Å². The van der Waals surface area contributed by atoms with Crippen molar-refractivity contribution in [1.29, 1.82) is 0 Å². The number of nitrogens with zero attached hydrogens (tertiary/aromatic N) is 1. The van der Waals surface area contributed by atoms with Crippen LogP contribution in [-0.2, 0) is 6.61 Å². The maximum absolute atomic E-state index is 6.11. The predicted octanol–water partition coefficient (Wildman–Crippen LogP) is 5.02. The molecule has 1 aromatic heterocycles. The zero-order chi connectivity index (χ0) is 19.2. The smallest absolute Gasteiger partial charge is 0.120 e. The van der Waals surface area contributed by atoms with E-state index in [2.05, 4.69) is 77.8 Å². The van der Waals surface area contributed by atoms with Crippen molar-refractivity contribution in [1.82, 2.24) is 10.2 Å². The number of benzene rings is 2. The molecule has 146 valence electrons. The molecule has 3 aromatic rings. The van der Waals surface area contributed by atoms with Crippen LogP contribution >= 0.6 is 11.3 Å². The predicted molar refractivity (Wildman–Crippen MR) is 117 cm³/mol. The average Bonchev–Trinajstić information content (AvgIpc) is 2.98. The van der Waals surface area contributed by atoms with Crippen LogP contribution in [0, 0.1) is 6.92 Å². The molecule has 3 nitrogen and oxygen atoms in total. The third-order valence-electron chi connectivity index (χ3n) is 5.19. The molecule has 0 spiro atoms. The van der Waals surface area contributed by atoms with Crippen LogP contribution in [0.4, 0.5) is 0 Å². The minimum Gasteiger partial charge on any atom is -0.489 e. The lowest BCUT2D eigenvalue weighted by molar-refractivity contribution is 0.242. The van der Waals surface area contributed by atoms with Crippen LogP contribution in [0.1, 0.15) is 33.3 Å². The first-order valence-corrected chi connectivity index (χ1v) is 10.9. The average molecular weight is 393 g/mol. The van der Waals surface area contributed by atoms with Gasteiger partial charge in [-0.25, -0.2) is 0 Å². The summed E-state index contributed by atoms with van der Waals surface area (Å²) in [6.45, 7) is 7.12. The van der Waals surface area contributed by atoms with Gasteiger partial charge < -0.3 is 10.1 Å². The summed E-state index contributed by atoms with van der Waals surface area (Å²) in [6, 6.07) is 23.8. The number of nitrogens with one attached hydrogen (secondary N) is 1. The van der Waals surface area contributed by atoms with Gasteiger partial charge in [0.2, 0.25) is 0 Å². The van der Waals surface area contributed by atoms with Gasteiger partial charge >= 0.3 is 0 Å². The maximum Gasteiger partial charge on any atom is 0.120 e. The van der Waals surface area contributed by atoms with Gasteiger partial charge in [-0.2, -0.15) is 0 Å². The molecule has 1 atom stereocenters. The van der Waals surface area contributed by atoms with Crippen LogP contribution in [0.15, 0.2) is 66.7 Å². The largest absolute Gasteiger partial charge is 0.489 e. The standard InChI is InChI=1S/C24H28N2OS/c1-19-11-12-23(28-19)24(26-15-6-13-25-14-16-26)21-9-5-10-22(17-21)27-18-20-7-3-2-4-8-20/h2-5,7-12,17,24-25H,6,13-16,18H2,1H3. The molecule has 0 saturated carbocycles. The Morgan fingerprint density at radius 2 is 1.89 bits per heavy atom. The Labute approximate surface area is 172 Å². The van der Waals surface area contributed by atoms with Crippen molar-refractivity contribution >= 4 is 11.3 Å². The Bertz CT molecular complexity index is 869. The van der Waals surface area contributed by atoms with E-state index in [0.29, 0.717) is 12.6 Å². The molecule has 1 fully saturated rings. The van der Waals surface area contributed by atoms with Crippen molar-refractivity contribution in [3.63, 3.8) is 0 Å². The Morgan fingerprint density at radius 1 is 1.00 bits per heavy atom. The summed E-state index contributed by atoms with van der Waals surface area (Å²) in [5.74, 6) is 0.938. The van der Waals surface area contributed by atoms with Crippen molar-refractivity contribution in [3.8, 4) is 5.75 Å². The molecule has 1 saturated heterocycles. The summed E-state index contributed by atoms with van der Waals surface area (Å²) >= 11 is 1.90. The molecule has 0 amide bonds. The van der Waals surface area contributed by atoms with Crippen LogP contribution in [0.2, 0.25) is 0 Å². The summed E-state index contributed by atoms with van der Waals surface area (Å²) in [5, 5.41) is 3.53. The summed E-state index contributed by atoms with van der Waals surface area (Å²) in [5.41, 5.74) is 2.51. The first kappa shape index (κ1) is 19.2. The minimum atomic E-state index is 0.291. The van der Waals surface area contributed by atoms with Crippen LogP contribution in [0.5, 0.6) is 5.75 Å². The Balaban J connectivity index is 1.58. The minimum absolute atomic E-state index is 0.291. The van der Waals surface area contributed by atoms with Crippen molar-refractivity contribution < 1.29 is 4.74 Å². The number of ether oxygens (including phenoxy) is 1. The molecular formula is C24H28N2OS. The first-order valence-electron chi connectivity index (χ1n) is 10.1. The third kappa shape index (κ3) is 4.82. The van der Waals surface area contributed by atoms with Gasteiger partial charge in [-0.15, -0.1) is 11.3 Å². The van der Waals surface area contributed by atoms with Gasteiger partial charge in [0, 0.05) is 29.4 Å². The number of hydrogen-bond donors (Lipinski definition) is 1. The van der Waals surface area contributed by atoms with Crippen molar-refractivity contribution in [2.75, 3.05) is 26.2 Å². The van der Waals surface area contributed by atoms with Crippen molar-refractivity contribution in [2.24, 2.45) is 0 Å². The van der Waals surface area contributed by atoms with E-state index in [-0.39, 0.29) is 0 Å². The molecule has 1 aliphatic rings. The van der Waals surface area contributed by atoms with Gasteiger partial charge in [-0.3, -0.25) is 4.90 Å². The van der Waals surface area contributed by atoms with Crippen LogP contribution in [0.3, 0.4) is 0 Å². The lowest BCUT2D eigenvalue weighted by atomic mass is 10.0. The van der Waals surface area contributed by atoms with E-state index in [1.807, 2.05) is 17.4 Å². The summed E-state index contributed by atoms with van der Waals surface area (Å²) in [7, 11) is 0. The Morgan fingerprint density at radius 3 is 2.71 bits per heavy atom. The van der Waals surface area contributed by atoms with E-state index in [1.165, 1.54) is 27.3 Å². The highest BCUT2D eigenvalue weighted by Crippen LogP contribution is 2.35. The zero-order valence-electron chi connectivity index (χ0n) is 16.4. The third-order valence-corrected chi connectivity index (χ3v) is 6.25. The molecule has 0 aliphatic carbocycles. The lowest BCUT2D eigenvalue weighted by Crippen LogP contribution is -2.32. The number of rotatable bonds is 6. The fraction of sp³-hybridized carbons (Fsp3) is 0.333. The number of thiophene rings is 1. The fourth-order valence-corrected chi connectivity index (χ4v) is 4.84. The normalized spacial score (nSPS) is 16.5. The topological polar surface area (TPSA) is 24.5 Å². The summed E-state index contributed by atoms with van der Waals surface area (Å²) < 4.78 is 6.11. The number of hydrogen-bond acceptors (Lipinski definition) is 4. The van der Waals surface area contributed by atoms with Gasteiger partial charge in [0.05, 0.1) is 6.04 Å². The van der Waals surface area contributed by atoms with E-state index in [9.17, 15) is 0 Å². The second-order valence-corrected chi connectivity index (χ2v) is 8.66. The van der Waals surface area contributed by atoms with Gasteiger partial charge in [-0.05, 0) is 55.3 Å². The summed E-state index contributed by atoms with van der Waals surface area (Å²) in [6.07, 6.45) is 1.19. The fourth-order valence-electron chi connectivity index (χ4n) is 3.80. The second kappa shape index (κ2) is 9.37. The quantitative estimate of drug-likeness (QED) is 0.637. The number of aryl methyl sites for hydroxylation is 1.